The van der Waals surface area contributed by atoms with Crippen molar-refractivity contribution in [1.82, 2.24) is 15.0 Å². The van der Waals surface area contributed by atoms with Gasteiger partial charge in [-0.05, 0) is 12.5 Å². The van der Waals surface area contributed by atoms with E-state index in [1.807, 2.05) is 0 Å². The summed E-state index contributed by atoms with van der Waals surface area (Å²) in [6.45, 7) is 0. The topological polar surface area (TPSA) is 105 Å². The summed E-state index contributed by atoms with van der Waals surface area (Å²) < 4.78 is 39.2. The number of anilines is 2. The van der Waals surface area contributed by atoms with Crippen molar-refractivity contribution < 1.29 is 23.1 Å². The lowest BCUT2D eigenvalue weighted by molar-refractivity contribution is -0.141. The van der Waals surface area contributed by atoms with E-state index in [4.69, 9.17) is 10.8 Å². The number of pyridine rings is 1. The van der Waals surface area contributed by atoms with E-state index < -0.39 is 18.0 Å². The summed E-state index contributed by atoms with van der Waals surface area (Å²) in [6, 6.07) is 2.47. The molecule has 0 spiro atoms. The van der Waals surface area contributed by atoms with Gasteiger partial charge in [0.2, 0.25) is 0 Å². The molecule has 0 bridgehead atoms. The zero-order chi connectivity index (χ0) is 20.5. The summed E-state index contributed by atoms with van der Waals surface area (Å²) in [5, 5.41) is 11.6. The van der Waals surface area contributed by atoms with Gasteiger partial charge in [-0.3, -0.25) is 9.88 Å². The minimum Gasteiger partial charge on any atom is -0.465 e. The highest BCUT2D eigenvalue weighted by Gasteiger charge is 2.33. The second-order valence-corrected chi connectivity index (χ2v) is 7.66. The molecule has 7 nitrogen and oxygen atoms in total. The second kappa shape index (κ2) is 7.80. The smallest absolute Gasteiger partial charge is 0.433 e. The second-order valence-electron chi connectivity index (χ2n) is 5.69. The number of alkyl halides is 3. The Bertz CT molecular complexity index is 1030. The zero-order valence-corrected chi connectivity index (χ0v) is 16.0. The lowest BCUT2D eigenvalue weighted by Crippen LogP contribution is -2.23. The van der Waals surface area contributed by atoms with Gasteiger partial charge in [-0.1, -0.05) is 11.8 Å². The molecule has 1 amide bonds. The van der Waals surface area contributed by atoms with Gasteiger partial charge in [0.1, 0.15) is 5.82 Å². The Morgan fingerprint density at radius 1 is 1.36 bits per heavy atom. The Hall–Kier alpha value is -2.60. The molecule has 0 saturated heterocycles. The lowest BCUT2D eigenvalue weighted by atomic mass is 10.2. The number of hydrogen-bond donors (Lipinski definition) is 2. The van der Waals surface area contributed by atoms with Gasteiger partial charge in [-0.15, -0.1) is 11.3 Å². The fourth-order valence-electron chi connectivity index (χ4n) is 2.36. The fraction of sp³-hybridized carbons (Fsp3) is 0.250. The highest BCUT2D eigenvalue weighted by Crippen LogP contribution is 2.33. The van der Waals surface area contributed by atoms with E-state index in [1.54, 1.807) is 17.6 Å². The molecule has 0 saturated carbocycles. The molecule has 0 radical (unpaired) electrons. The number of carbonyl (C=O) groups is 1. The standard InChI is InChI=1S/C16H14F3N5O2S2/c1-24(15(25)26)10-7-28-11-6-21-8(4-9(10)11)2-3-27-14-22-12(16(17,18)19)5-13(20)23-14/h4-7H,2-3H2,1H3,(H,25,26)(H2,20,22,23). The molecule has 0 unspecified atom stereocenters. The SMILES string of the molecule is CN(C(=O)O)c1csc2cnc(CCSc3nc(N)cc(C(F)(F)F)n3)cc12. The average molecular weight is 429 g/mol. The average Bonchev–Trinajstić information content (AvgIpc) is 3.03. The first kappa shape index (κ1) is 20.1. The molecular weight excluding hydrogens is 415 g/mol. The van der Waals surface area contributed by atoms with Gasteiger partial charge in [0.25, 0.3) is 0 Å². The van der Waals surface area contributed by atoms with E-state index in [1.165, 1.54) is 18.4 Å². The van der Waals surface area contributed by atoms with Crippen LogP contribution in [0, 0.1) is 0 Å². The molecule has 0 aromatic carbocycles. The van der Waals surface area contributed by atoms with E-state index in [0.29, 0.717) is 29.6 Å². The van der Waals surface area contributed by atoms with Crippen LogP contribution in [0.15, 0.2) is 28.9 Å². The number of aromatic nitrogens is 3. The molecular formula is C16H14F3N5O2S2. The van der Waals surface area contributed by atoms with Crippen LogP contribution >= 0.6 is 23.1 Å². The quantitative estimate of drug-likeness (QED) is 0.464. The number of hydrogen-bond acceptors (Lipinski definition) is 7. The molecule has 0 atom stereocenters. The van der Waals surface area contributed by atoms with Gasteiger partial charge in [0.15, 0.2) is 10.9 Å². The lowest BCUT2D eigenvalue weighted by Gasteiger charge is -2.11. The summed E-state index contributed by atoms with van der Waals surface area (Å²) in [4.78, 5) is 23.9. The van der Waals surface area contributed by atoms with Gasteiger partial charge in [0.05, 0.1) is 10.4 Å². The summed E-state index contributed by atoms with van der Waals surface area (Å²) in [5.41, 5.74) is 5.58. The summed E-state index contributed by atoms with van der Waals surface area (Å²) in [6.07, 6.45) is -3.58. The van der Waals surface area contributed by atoms with Crippen molar-refractivity contribution in [3.8, 4) is 0 Å². The van der Waals surface area contributed by atoms with Crippen molar-refractivity contribution in [2.75, 3.05) is 23.4 Å². The van der Waals surface area contributed by atoms with Crippen molar-refractivity contribution in [3.05, 3.63) is 35.1 Å². The molecule has 0 fully saturated rings. The number of nitrogens with two attached hydrogens (primary N) is 1. The van der Waals surface area contributed by atoms with Gasteiger partial charge >= 0.3 is 12.3 Å². The highest BCUT2D eigenvalue weighted by molar-refractivity contribution is 7.99. The van der Waals surface area contributed by atoms with Crippen LogP contribution in [0.1, 0.15) is 11.4 Å². The Morgan fingerprint density at radius 2 is 2.11 bits per heavy atom. The van der Waals surface area contributed by atoms with Crippen LogP contribution in [-0.4, -0.2) is 39.0 Å². The Labute approximate surface area is 165 Å². The number of fused-ring (bicyclic) bond motifs is 1. The van der Waals surface area contributed by atoms with Crippen LogP contribution in [0.3, 0.4) is 0 Å². The highest BCUT2D eigenvalue weighted by atomic mass is 32.2. The number of rotatable bonds is 5. The fourth-order valence-corrected chi connectivity index (χ4v) is 4.12. The molecule has 3 heterocycles. The van der Waals surface area contributed by atoms with Crippen molar-refractivity contribution in [3.63, 3.8) is 0 Å². The third-order valence-electron chi connectivity index (χ3n) is 3.75. The first-order valence-electron chi connectivity index (χ1n) is 7.82. The van der Waals surface area contributed by atoms with Crippen molar-refractivity contribution >= 4 is 50.8 Å². The van der Waals surface area contributed by atoms with E-state index in [-0.39, 0.29) is 11.0 Å². The number of halogens is 3. The normalized spacial score (nSPS) is 11.7. The molecule has 3 aromatic rings. The summed E-state index contributed by atoms with van der Waals surface area (Å²) in [5.74, 6) is 0.136. The number of thioether (sulfide) groups is 1. The van der Waals surface area contributed by atoms with Gasteiger partial charge in [-0.25, -0.2) is 14.8 Å². The molecule has 3 N–H and O–H groups in total. The van der Waals surface area contributed by atoms with E-state index in [9.17, 15) is 18.0 Å². The molecule has 0 aliphatic carbocycles. The predicted molar refractivity (Wildman–Crippen MR) is 102 cm³/mol. The third-order valence-corrected chi connectivity index (χ3v) is 5.52. The van der Waals surface area contributed by atoms with Gasteiger partial charge in [0, 0.05) is 41.5 Å². The van der Waals surface area contributed by atoms with Crippen LogP contribution in [0.2, 0.25) is 0 Å². The predicted octanol–water partition coefficient (Wildman–Crippen LogP) is 4.14. The number of nitrogen functional groups attached to an aromatic ring is 1. The van der Waals surface area contributed by atoms with Crippen molar-refractivity contribution in [1.29, 1.82) is 0 Å². The number of thiophene rings is 1. The van der Waals surface area contributed by atoms with E-state index in [2.05, 4.69) is 15.0 Å². The Morgan fingerprint density at radius 3 is 2.79 bits per heavy atom. The van der Waals surface area contributed by atoms with Crippen molar-refractivity contribution in [2.24, 2.45) is 0 Å². The molecule has 28 heavy (non-hydrogen) atoms. The molecule has 148 valence electrons. The van der Waals surface area contributed by atoms with Crippen LogP contribution < -0.4 is 10.6 Å². The van der Waals surface area contributed by atoms with Crippen LogP contribution in [0.5, 0.6) is 0 Å². The number of amides is 1. The van der Waals surface area contributed by atoms with E-state index >= 15 is 0 Å². The number of nitrogens with zero attached hydrogens (tertiary/aromatic N) is 4. The van der Waals surface area contributed by atoms with E-state index in [0.717, 1.165) is 26.7 Å². The zero-order valence-electron chi connectivity index (χ0n) is 14.4. The van der Waals surface area contributed by atoms with Crippen LogP contribution in [-0.2, 0) is 12.6 Å². The van der Waals surface area contributed by atoms with Crippen LogP contribution in [0.4, 0.5) is 29.5 Å². The Balaban J connectivity index is 1.73. The maximum absolute atomic E-state index is 12.8. The monoisotopic (exact) mass is 429 g/mol. The molecule has 3 aromatic heterocycles. The number of carboxylic acid groups (broad SMARTS) is 1. The van der Waals surface area contributed by atoms with Gasteiger partial charge in [-0.2, -0.15) is 13.2 Å². The van der Waals surface area contributed by atoms with Crippen molar-refractivity contribution in [2.45, 2.75) is 17.8 Å². The summed E-state index contributed by atoms with van der Waals surface area (Å²) >= 11 is 2.42. The molecule has 3 rings (SSSR count). The minimum atomic E-state index is -4.59. The largest absolute Gasteiger partial charge is 0.465 e. The maximum atomic E-state index is 12.8. The summed E-state index contributed by atoms with van der Waals surface area (Å²) in [7, 11) is 1.45. The number of aryl methyl sites for hydroxylation is 1. The maximum Gasteiger partial charge on any atom is 0.433 e. The first-order chi connectivity index (χ1) is 13.1. The van der Waals surface area contributed by atoms with Crippen LogP contribution in [0.25, 0.3) is 10.1 Å². The Kier molecular flexibility index (Phi) is 5.61. The minimum absolute atomic E-state index is 0.0600. The van der Waals surface area contributed by atoms with Gasteiger partial charge < -0.3 is 10.8 Å². The third kappa shape index (κ3) is 4.44. The first-order valence-corrected chi connectivity index (χ1v) is 9.69. The molecule has 0 aliphatic heterocycles. The molecule has 0 aliphatic rings. The molecule has 12 heteroatoms.